The van der Waals surface area contributed by atoms with Crippen molar-refractivity contribution in [1.29, 1.82) is 0 Å². The van der Waals surface area contributed by atoms with Crippen molar-refractivity contribution in [2.24, 2.45) is 0 Å². The van der Waals surface area contributed by atoms with E-state index >= 15 is 0 Å². The molecule has 0 aliphatic carbocycles. The molecule has 6 nitrogen and oxygen atoms in total. The maximum Gasteiger partial charge on any atom is 0.323 e. The Labute approximate surface area is 185 Å². The van der Waals surface area contributed by atoms with Crippen LogP contribution in [0.2, 0.25) is 0 Å². The van der Waals surface area contributed by atoms with Gasteiger partial charge in [0.2, 0.25) is 0 Å². The molecule has 1 unspecified atom stereocenters. The van der Waals surface area contributed by atoms with Gasteiger partial charge in [0, 0.05) is 36.2 Å². The van der Waals surface area contributed by atoms with Crippen LogP contribution < -0.4 is 20.9 Å². The second-order valence-electron chi connectivity index (χ2n) is 8.39. The summed E-state index contributed by atoms with van der Waals surface area (Å²) in [6.45, 7) is 9.94. The van der Waals surface area contributed by atoms with Gasteiger partial charge in [-0.3, -0.25) is 4.79 Å². The van der Waals surface area contributed by atoms with Crippen molar-refractivity contribution in [3.63, 3.8) is 0 Å². The highest BCUT2D eigenvalue weighted by molar-refractivity contribution is 6.04. The van der Waals surface area contributed by atoms with E-state index in [2.05, 4.69) is 20.9 Å². The van der Waals surface area contributed by atoms with Gasteiger partial charge in [-0.2, -0.15) is 0 Å². The van der Waals surface area contributed by atoms with Gasteiger partial charge in [0.1, 0.15) is 0 Å². The number of urea groups is 1. The van der Waals surface area contributed by atoms with Gasteiger partial charge in [0.05, 0.1) is 5.56 Å². The van der Waals surface area contributed by atoms with Crippen LogP contribution >= 0.6 is 0 Å². The molecule has 3 N–H and O–H groups in total. The van der Waals surface area contributed by atoms with Crippen LogP contribution in [0.5, 0.6) is 0 Å². The SMILES string of the molecule is CCC(C)NC(=O)c1cc(NC(=O)Nc2cccc(C)c2C)ccc1N1CCCCC1. The van der Waals surface area contributed by atoms with E-state index in [0.29, 0.717) is 11.3 Å². The predicted octanol–water partition coefficient (Wildman–Crippen LogP) is 5.47. The van der Waals surface area contributed by atoms with Crippen LogP contribution in [0.25, 0.3) is 0 Å². The zero-order valence-corrected chi connectivity index (χ0v) is 19.0. The molecule has 2 aromatic rings. The number of nitrogens with one attached hydrogen (secondary N) is 3. The van der Waals surface area contributed by atoms with E-state index in [1.54, 1.807) is 6.07 Å². The molecule has 1 aliphatic heterocycles. The minimum Gasteiger partial charge on any atom is -0.371 e. The van der Waals surface area contributed by atoms with Crippen LogP contribution in [0.3, 0.4) is 0 Å². The Kier molecular flexibility index (Phi) is 7.55. The van der Waals surface area contributed by atoms with Crippen molar-refractivity contribution >= 4 is 29.0 Å². The molecule has 0 saturated carbocycles. The lowest BCUT2D eigenvalue weighted by Crippen LogP contribution is -2.35. The number of benzene rings is 2. The van der Waals surface area contributed by atoms with Crippen LogP contribution in [0.15, 0.2) is 36.4 Å². The zero-order chi connectivity index (χ0) is 22.4. The fourth-order valence-electron chi connectivity index (χ4n) is 3.78. The maximum atomic E-state index is 13.0. The lowest BCUT2D eigenvalue weighted by atomic mass is 10.1. The maximum absolute atomic E-state index is 13.0. The number of carbonyl (C=O) groups is 2. The van der Waals surface area contributed by atoms with Crippen molar-refractivity contribution < 1.29 is 9.59 Å². The second-order valence-corrected chi connectivity index (χ2v) is 8.39. The first-order chi connectivity index (χ1) is 14.9. The number of hydrogen-bond acceptors (Lipinski definition) is 3. The van der Waals surface area contributed by atoms with Crippen LogP contribution in [-0.2, 0) is 0 Å². The zero-order valence-electron chi connectivity index (χ0n) is 19.0. The lowest BCUT2D eigenvalue weighted by molar-refractivity contribution is 0.0939. The minimum absolute atomic E-state index is 0.0888. The quantitative estimate of drug-likeness (QED) is 0.578. The molecule has 6 heteroatoms. The van der Waals surface area contributed by atoms with Crippen LogP contribution in [-0.4, -0.2) is 31.1 Å². The summed E-state index contributed by atoms with van der Waals surface area (Å²) in [6.07, 6.45) is 4.35. The van der Waals surface area contributed by atoms with E-state index in [1.807, 2.05) is 58.0 Å². The standard InChI is InChI=1S/C25H34N4O2/c1-5-18(3)26-24(30)21-16-20(12-13-23(21)29-14-7-6-8-15-29)27-25(31)28-22-11-9-10-17(2)19(22)4/h9-13,16,18H,5-8,14-15H2,1-4H3,(H,26,30)(H2,27,28,31). The molecule has 1 fully saturated rings. The third kappa shape index (κ3) is 5.78. The summed E-state index contributed by atoms with van der Waals surface area (Å²) in [6, 6.07) is 11.2. The third-order valence-corrected chi connectivity index (χ3v) is 6.04. The van der Waals surface area contributed by atoms with E-state index in [-0.39, 0.29) is 18.0 Å². The molecule has 0 bridgehead atoms. The van der Waals surface area contributed by atoms with Crippen molar-refractivity contribution in [2.75, 3.05) is 28.6 Å². The van der Waals surface area contributed by atoms with Crippen molar-refractivity contribution in [1.82, 2.24) is 5.32 Å². The van der Waals surface area contributed by atoms with Crippen molar-refractivity contribution in [2.45, 2.75) is 59.4 Å². The number of amides is 3. The number of nitrogens with zero attached hydrogens (tertiary/aromatic N) is 1. The Morgan fingerprint density at radius 1 is 1.03 bits per heavy atom. The second kappa shape index (κ2) is 10.3. The Morgan fingerprint density at radius 3 is 2.48 bits per heavy atom. The molecule has 3 rings (SSSR count). The van der Waals surface area contributed by atoms with Gasteiger partial charge in [-0.15, -0.1) is 0 Å². The Morgan fingerprint density at radius 2 is 1.77 bits per heavy atom. The smallest absolute Gasteiger partial charge is 0.323 e. The van der Waals surface area contributed by atoms with Gasteiger partial charge >= 0.3 is 6.03 Å². The Balaban J connectivity index is 1.81. The summed E-state index contributed by atoms with van der Waals surface area (Å²) in [5.41, 5.74) is 5.06. The largest absolute Gasteiger partial charge is 0.371 e. The molecule has 1 heterocycles. The van der Waals surface area contributed by atoms with Gasteiger partial charge in [-0.1, -0.05) is 19.1 Å². The fraction of sp³-hybridized carbons (Fsp3) is 0.440. The van der Waals surface area contributed by atoms with Crippen molar-refractivity contribution in [3.8, 4) is 0 Å². The van der Waals surface area contributed by atoms with Crippen LogP contribution in [0.1, 0.15) is 61.0 Å². The molecule has 166 valence electrons. The fourth-order valence-corrected chi connectivity index (χ4v) is 3.78. The van der Waals surface area contributed by atoms with Gasteiger partial charge in [-0.05, 0) is 81.8 Å². The van der Waals surface area contributed by atoms with E-state index in [9.17, 15) is 9.59 Å². The van der Waals surface area contributed by atoms with E-state index in [0.717, 1.165) is 54.9 Å². The van der Waals surface area contributed by atoms with Gasteiger partial charge in [0.15, 0.2) is 0 Å². The number of carbonyl (C=O) groups excluding carboxylic acids is 2. The Hall–Kier alpha value is -3.02. The van der Waals surface area contributed by atoms with Gasteiger partial charge in [-0.25, -0.2) is 4.79 Å². The molecule has 3 amide bonds. The normalized spacial score (nSPS) is 14.6. The molecule has 0 radical (unpaired) electrons. The molecule has 1 aliphatic rings. The summed E-state index contributed by atoms with van der Waals surface area (Å²) in [5.74, 6) is -0.103. The summed E-state index contributed by atoms with van der Waals surface area (Å²) in [7, 11) is 0. The van der Waals surface area contributed by atoms with Gasteiger partial charge in [0.25, 0.3) is 5.91 Å². The molecule has 0 aromatic heterocycles. The van der Waals surface area contributed by atoms with Gasteiger partial charge < -0.3 is 20.9 Å². The third-order valence-electron chi connectivity index (χ3n) is 6.04. The number of anilines is 3. The molecule has 0 spiro atoms. The van der Waals surface area contributed by atoms with Crippen LogP contribution in [0.4, 0.5) is 21.9 Å². The number of rotatable bonds is 6. The highest BCUT2D eigenvalue weighted by atomic mass is 16.2. The number of hydrogen-bond donors (Lipinski definition) is 3. The average Bonchev–Trinajstić information content (AvgIpc) is 2.77. The highest BCUT2D eigenvalue weighted by Gasteiger charge is 2.20. The predicted molar refractivity (Wildman–Crippen MR) is 128 cm³/mol. The first-order valence-electron chi connectivity index (χ1n) is 11.2. The molecule has 31 heavy (non-hydrogen) atoms. The highest BCUT2D eigenvalue weighted by Crippen LogP contribution is 2.28. The summed E-state index contributed by atoms with van der Waals surface area (Å²) in [4.78, 5) is 27.9. The molecule has 1 atom stereocenters. The Bertz CT molecular complexity index is 935. The molecule has 1 saturated heterocycles. The average molecular weight is 423 g/mol. The van der Waals surface area contributed by atoms with E-state index < -0.39 is 0 Å². The number of aryl methyl sites for hydroxylation is 1. The molecular formula is C25H34N4O2. The lowest BCUT2D eigenvalue weighted by Gasteiger charge is -2.31. The number of piperidine rings is 1. The summed E-state index contributed by atoms with van der Waals surface area (Å²) >= 11 is 0. The van der Waals surface area contributed by atoms with E-state index in [1.165, 1.54) is 6.42 Å². The summed E-state index contributed by atoms with van der Waals surface area (Å²) in [5, 5.41) is 8.85. The van der Waals surface area contributed by atoms with Crippen molar-refractivity contribution in [3.05, 3.63) is 53.1 Å². The minimum atomic E-state index is -0.326. The first kappa shape index (κ1) is 22.7. The van der Waals surface area contributed by atoms with Crippen LogP contribution in [0, 0.1) is 13.8 Å². The monoisotopic (exact) mass is 422 g/mol. The topological polar surface area (TPSA) is 73.5 Å². The molecule has 2 aromatic carbocycles. The first-order valence-corrected chi connectivity index (χ1v) is 11.2. The van der Waals surface area contributed by atoms with E-state index in [4.69, 9.17) is 0 Å². The summed E-state index contributed by atoms with van der Waals surface area (Å²) < 4.78 is 0. The molecular weight excluding hydrogens is 388 g/mol.